The van der Waals surface area contributed by atoms with Gasteiger partial charge in [0.05, 0.1) is 19.7 Å². The number of benzene rings is 1. The topological polar surface area (TPSA) is 70.1 Å². The lowest BCUT2D eigenvalue weighted by molar-refractivity contribution is -0.143. The molecule has 1 aromatic rings. The lowest BCUT2D eigenvalue weighted by atomic mass is 10.0. The maximum Gasteiger partial charge on any atom is 0.320 e. The average Bonchev–Trinajstić information content (AvgIpc) is 2.97. The summed E-state index contributed by atoms with van der Waals surface area (Å²) in [6.45, 7) is 1.62. The van der Waals surface area contributed by atoms with Crippen molar-refractivity contribution in [3.63, 3.8) is 0 Å². The zero-order chi connectivity index (χ0) is 18.5. The molecule has 2 atom stereocenters. The van der Waals surface area contributed by atoms with E-state index in [2.05, 4.69) is 0 Å². The van der Waals surface area contributed by atoms with Crippen LogP contribution in [0.4, 0.5) is 0 Å². The van der Waals surface area contributed by atoms with Crippen LogP contribution in [-0.4, -0.2) is 59.6 Å². The average molecular weight is 360 g/mol. The number of carboxylic acid groups (broad SMARTS) is 1. The molecule has 0 bridgehead atoms. The lowest BCUT2D eigenvalue weighted by Crippen LogP contribution is -2.45. The molecule has 6 nitrogen and oxygen atoms in total. The summed E-state index contributed by atoms with van der Waals surface area (Å²) >= 11 is 0. The molecule has 3 rings (SSSR count). The minimum Gasteiger partial charge on any atom is -0.497 e. The molecular weight excluding hydrogens is 332 g/mol. The molecule has 0 aliphatic carbocycles. The van der Waals surface area contributed by atoms with Crippen molar-refractivity contribution < 1.29 is 19.4 Å². The summed E-state index contributed by atoms with van der Waals surface area (Å²) < 4.78 is 5.24. The second kappa shape index (κ2) is 8.54. The van der Waals surface area contributed by atoms with Gasteiger partial charge in [-0.15, -0.1) is 0 Å². The maximum absolute atomic E-state index is 13.0. The van der Waals surface area contributed by atoms with Crippen molar-refractivity contribution in [2.24, 2.45) is 0 Å². The van der Waals surface area contributed by atoms with Crippen molar-refractivity contribution in [1.29, 1.82) is 0 Å². The van der Waals surface area contributed by atoms with E-state index in [0.29, 0.717) is 13.0 Å². The fourth-order valence-electron chi connectivity index (χ4n) is 4.14. The van der Waals surface area contributed by atoms with Gasteiger partial charge in [0.2, 0.25) is 5.91 Å². The Morgan fingerprint density at radius 2 is 1.85 bits per heavy atom. The Kier molecular flexibility index (Phi) is 6.14. The number of methoxy groups -OCH3 is 1. The van der Waals surface area contributed by atoms with Gasteiger partial charge in [-0.2, -0.15) is 0 Å². The van der Waals surface area contributed by atoms with E-state index in [1.54, 1.807) is 7.11 Å². The van der Waals surface area contributed by atoms with E-state index in [9.17, 15) is 14.7 Å². The summed E-state index contributed by atoms with van der Waals surface area (Å²) in [7, 11) is 1.64. The molecule has 0 saturated carbocycles. The van der Waals surface area contributed by atoms with Gasteiger partial charge in [0.15, 0.2) is 0 Å². The van der Waals surface area contributed by atoms with Crippen LogP contribution in [0, 0.1) is 0 Å². The third-order valence-corrected chi connectivity index (χ3v) is 5.56. The normalized spacial score (nSPS) is 24.3. The van der Waals surface area contributed by atoms with Gasteiger partial charge in [0.25, 0.3) is 0 Å². The van der Waals surface area contributed by atoms with Gasteiger partial charge in [-0.25, -0.2) is 0 Å². The van der Waals surface area contributed by atoms with Crippen molar-refractivity contribution in [3.8, 4) is 5.75 Å². The number of carbonyl (C=O) groups is 2. The Balaban J connectivity index is 1.75. The molecule has 26 heavy (non-hydrogen) atoms. The molecule has 1 amide bonds. The van der Waals surface area contributed by atoms with Crippen LogP contribution in [-0.2, 0) is 9.59 Å². The Morgan fingerprint density at radius 1 is 1.08 bits per heavy atom. The van der Waals surface area contributed by atoms with Crippen molar-refractivity contribution in [2.75, 3.05) is 26.7 Å². The highest BCUT2D eigenvalue weighted by molar-refractivity contribution is 5.80. The third-order valence-electron chi connectivity index (χ3n) is 5.56. The van der Waals surface area contributed by atoms with E-state index in [1.165, 1.54) is 0 Å². The van der Waals surface area contributed by atoms with Crippen LogP contribution in [0.3, 0.4) is 0 Å². The molecule has 2 fully saturated rings. The number of rotatable bonds is 5. The highest BCUT2D eigenvalue weighted by Gasteiger charge is 2.34. The summed E-state index contributed by atoms with van der Waals surface area (Å²) in [4.78, 5) is 28.2. The van der Waals surface area contributed by atoms with Crippen LogP contribution in [0.5, 0.6) is 5.75 Å². The van der Waals surface area contributed by atoms with Crippen molar-refractivity contribution in [3.05, 3.63) is 29.8 Å². The number of carbonyl (C=O) groups excluding carboxylic acids is 1. The first kappa shape index (κ1) is 18.7. The molecule has 2 heterocycles. The van der Waals surface area contributed by atoms with E-state index in [-0.39, 0.29) is 18.5 Å². The molecule has 6 heteroatoms. The van der Waals surface area contributed by atoms with E-state index in [4.69, 9.17) is 4.74 Å². The van der Waals surface area contributed by atoms with Crippen molar-refractivity contribution in [1.82, 2.24) is 9.80 Å². The van der Waals surface area contributed by atoms with E-state index >= 15 is 0 Å². The van der Waals surface area contributed by atoms with Crippen LogP contribution >= 0.6 is 0 Å². The van der Waals surface area contributed by atoms with Crippen LogP contribution in [0.2, 0.25) is 0 Å². The molecule has 0 aromatic heterocycles. The van der Waals surface area contributed by atoms with Crippen LogP contribution < -0.4 is 4.74 Å². The van der Waals surface area contributed by atoms with E-state index in [0.717, 1.165) is 50.0 Å². The third kappa shape index (κ3) is 4.18. The Labute approximate surface area is 154 Å². The minimum absolute atomic E-state index is 0.0425. The second-order valence-electron chi connectivity index (χ2n) is 7.19. The molecular formula is C20H28N2O4. The minimum atomic E-state index is -0.821. The van der Waals surface area contributed by atoms with E-state index < -0.39 is 12.0 Å². The molecule has 2 unspecified atom stereocenters. The van der Waals surface area contributed by atoms with Gasteiger partial charge in [-0.05, 0) is 49.9 Å². The molecule has 2 aliphatic heterocycles. The summed E-state index contributed by atoms with van der Waals surface area (Å²) in [5.41, 5.74) is 1.12. The molecule has 1 aromatic carbocycles. The fraction of sp³-hybridized carbons (Fsp3) is 0.600. The van der Waals surface area contributed by atoms with Crippen LogP contribution in [0.1, 0.15) is 50.1 Å². The number of ether oxygens (including phenoxy) is 1. The van der Waals surface area contributed by atoms with Crippen LogP contribution in [0.15, 0.2) is 24.3 Å². The fourth-order valence-corrected chi connectivity index (χ4v) is 4.14. The molecule has 2 aliphatic rings. The Bertz CT molecular complexity index is 631. The summed E-state index contributed by atoms with van der Waals surface area (Å²) in [5, 5.41) is 9.35. The van der Waals surface area contributed by atoms with Gasteiger partial charge in [0, 0.05) is 6.54 Å². The molecule has 142 valence electrons. The lowest BCUT2D eigenvalue weighted by Gasteiger charge is -2.32. The number of hydrogen-bond donors (Lipinski definition) is 1. The van der Waals surface area contributed by atoms with Crippen LogP contribution in [0.25, 0.3) is 0 Å². The highest BCUT2D eigenvalue weighted by atomic mass is 16.5. The predicted molar refractivity (Wildman–Crippen MR) is 98.1 cm³/mol. The van der Waals surface area contributed by atoms with Gasteiger partial charge in [-0.3, -0.25) is 14.5 Å². The number of nitrogens with zero attached hydrogens (tertiary/aromatic N) is 2. The second-order valence-corrected chi connectivity index (χ2v) is 7.19. The highest BCUT2D eigenvalue weighted by Crippen LogP contribution is 2.31. The Hall–Kier alpha value is -2.08. The van der Waals surface area contributed by atoms with E-state index in [1.807, 2.05) is 34.1 Å². The largest absolute Gasteiger partial charge is 0.497 e. The predicted octanol–water partition coefficient (Wildman–Crippen LogP) is 2.69. The van der Waals surface area contributed by atoms with Gasteiger partial charge >= 0.3 is 5.97 Å². The van der Waals surface area contributed by atoms with Gasteiger partial charge in [-0.1, -0.05) is 25.0 Å². The molecule has 1 N–H and O–H groups in total. The van der Waals surface area contributed by atoms with Crippen molar-refractivity contribution in [2.45, 2.75) is 50.6 Å². The zero-order valence-electron chi connectivity index (χ0n) is 15.4. The summed E-state index contributed by atoms with van der Waals surface area (Å²) in [5.74, 6) is 0.0281. The smallest absolute Gasteiger partial charge is 0.320 e. The molecule has 0 spiro atoms. The van der Waals surface area contributed by atoms with Gasteiger partial charge < -0.3 is 14.7 Å². The number of carboxylic acids is 1. The first-order valence-electron chi connectivity index (χ1n) is 9.50. The SMILES string of the molecule is COc1ccc(C2CCCCCN2C(=O)CN2CCCC2C(=O)O)cc1. The summed E-state index contributed by atoms with van der Waals surface area (Å²) in [6, 6.07) is 7.47. The Morgan fingerprint density at radius 3 is 2.54 bits per heavy atom. The first-order valence-corrected chi connectivity index (χ1v) is 9.50. The number of amides is 1. The molecule has 0 radical (unpaired) electrons. The summed E-state index contributed by atoms with van der Waals surface area (Å²) in [6.07, 6.45) is 5.64. The standard InChI is InChI=1S/C20H28N2O4/c1-26-16-10-8-15(9-11-16)17-6-3-2-4-13-22(17)19(23)14-21-12-5-7-18(21)20(24)25/h8-11,17-18H,2-7,12-14H2,1H3,(H,24,25). The maximum atomic E-state index is 13.0. The first-order chi connectivity index (χ1) is 12.6. The zero-order valence-corrected chi connectivity index (χ0v) is 15.4. The van der Waals surface area contributed by atoms with Crippen molar-refractivity contribution >= 4 is 11.9 Å². The quantitative estimate of drug-likeness (QED) is 0.874. The monoisotopic (exact) mass is 360 g/mol. The number of aliphatic carboxylic acids is 1. The number of likely N-dealkylation sites (tertiary alicyclic amines) is 2. The molecule has 2 saturated heterocycles. The number of hydrogen-bond acceptors (Lipinski definition) is 4. The van der Waals surface area contributed by atoms with Gasteiger partial charge in [0.1, 0.15) is 11.8 Å².